The van der Waals surface area contributed by atoms with Gasteiger partial charge in [-0.3, -0.25) is 9.80 Å². The summed E-state index contributed by atoms with van der Waals surface area (Å²) in [5.41, 5.74) is 4.32. The third-order valence-electron chi connectivity index (χ3n) is 6.85. The Labute approximate surface area is 199 Å². The molecule has 2 heterocycles. The number of halogens is 2. The van der Waals surface area contributed by atoms with Crippen LogP contribution in [0, 0.1) is 11.8 Å². The van der Waals surface area contributed by atoms with Gasteiger partial charge in [-0.1, -0.05) is 48.5 Å². The highest BCUT2D eigenvalue weighted by Crippen LogP contribution is 2.43. The van der Waals surface area contributed by atoms with E-state index in [9.17, 15) is 0 Å². The van der Waals surface area contributed by atoms with E-state index in [1.807, 2.05) is 0 Å². The first-order valence-corrected chi connectivity index (χ1v) is 11.3. The van der Waals surface area contributed by atoms with Crippen molar-refractivity contribution in [1.82, 2.24) is 9.80 Å². The standard InChI is InChI=1S/C26H32N2O.2ClH/c1-2-7-21(8-3-1)18-28-19-23-11-12-25(26(23)20-28)22-9-6-10-24(17-22)29-16-15-27-13-4-5-14-27;;/h1-3,6-10,12,17,23,26H,4-5,11,13-16,18-20H2;2*1H. The van der Waals surface area contributed by atoms with Crippen LogP contribution in [0.2, 0.25) is 0 Å². The van der Waals surface area contributed by atoms with Gasteiger partial charge in [0.15, 0.2) is 0 Å². The summed E-state index contributed by atoms with van der Waals surface area (Å²) in [4.78, 5) is 5.14. The van der Waals surface area contributed by atoms with Crippen LogP contribution in [-0.2, 0) is 6.54 Å². The fraction of sp³-hybridized carbons (Fsp3) is 0.462. The zero-order valence-corrected chi connectivity index (χ0v) is 19.8. The molecular formula is C26H34Cl2N2O. The number of hydrogen-bond donors (Lipinski definition) is 0. The zero-order chi connectivity index (χ0) is 19.5. The van der Waals surface area contributed by atoms with Crippen LogP contribution in [0.15, 0.2) is 60.7 Å². The lowest BCUT2D eigenvalue weighted by atomic mass is 9.90. The third kappa shape index (κ3) is 5.84. The van der Waals surface area contributed by atoms with Gasteiger partial charge in [0.25, 0.3) is 0 Å². The van der Waals surface area contributed by atoms with E-state index in [0.29, 0.717) is 5.92 Å². The van der Waals surface area contributed by atoms with Crippen LogP contribution in [0.1, 0.15) is 30.4 Å². The second kappa shape index (κ2) is 11.4. The predicted molar refractivity (Wildman–Crippen MR) is 133 cm³/mol. The number of nitrogens with zero attached hydrogens (tertiary/aromatic N) is 2. The van der Waals surface area contributed by atoms with Gasteiger partial charge in [-0.2, -0.15) is 0 Å². The van der Waals surface area contributed by atoms with E-state index >= 15 is 0 Å². The number of rotatable bonds is 7. The zero-order valence-electron chi connectivity index (χ0n) is 18.1. The van der Waals surface area contributed by atoms with Crippen LogP contribution < -0.4 is 4.74 Å². The lowest BCUT2D eigenvalue weighted by Crippen LogP contribution is -2.25. The molecule has 2 fully saturated rings. The molecule has 0 aromatic heterocycles. The second-order valence-corrected chi connectivity index (χ2v) is 8.87. The van der Waals surface area contributed by atoms with E-state index in [0.717, 1.165) is 31.4 Å². The largest absolute Gasteiger partial charge is 0.492 e. The topological polar surface area (TPSA) is 15.7 Å². The molecular weight excluding hydrogens is 427 g/mol. The number of benzene rings is 2. The van der Waals surface area contributed by atoms with Crippen LogP contribution in [-0.4, -0.2) is 49.1 Å². The number of allylic oxidation sites excluding steroid dienone is 1. The average Bonchev–Trinajstić information content (AvgIpc) is 3.47. The van der Waals surface area contributed by atoms with Gasteiger partial charge in [0.1, 0.15) is 12.4 Å². The first-order chi connectivity index (χ1) is 14.3. The lowest BCUT2D eigenvalue weighted by Gasteiger charge is -2.18. The highest BCUT2D eigenvalue weighted by atomic mass is 35.5. The monoisotopic (exact) mass is 460 g/mol. The van der Waals surface area contributed by atoms with E-state index in [-0.39, 0.29) is 24.8 Å². The molecule has 0 radical (unpaired) electrons. The van der Waals surface area contributed by atoms with Gasteiger partial charge in [0, 0.05) is 32.1 Å². The molecule has 0 amide bonds. The van der Waals surface area contributed by atoms with Crippen molar-refractivity contribution in [3.63, 3.8) is 0 Å². The Morgan fingerprint density at radius 2 is 1.68 bits per heavy atom. The van der Waals surface area contributed by atoms with Crippen molar-refractivity contribution in [2.75, 3.05) is 39.3 Å². The molecule has 2 unspecified atom stereocenters. The van der Waals surface area contributed by atoms with Gasteiger partial charge in [-0.25, -0.2) is 0 Å². The van der Waals surface area contributed by atoms with Gasteiger partial charge in [-0.05, 0) is 67.1 Å². The Hall–Kier alpha value is -1.52. The summed E-state index contributed by atoms with van der Waals surface area (Å²) in [6.45, 7) is 7.76. The molecule has 2 aromatic rings. The average molecular weight is 461 g/mol. The maximum atomic E-state index is 6.10. The molecule has 0 saturated carbocycles. The van der Waals surface area contributed by atoms with Crippen molar-refractivity contribution >= 4 is 30.4 Å². The Kier molecular flexibility index (Phi) is 8.85. The summed E-state index contributed by atoms with van der Waals surface area (Å²) in [6, 6.07) is 19.7. The Morgan fingerprint density at radius 3 is 2.48 bits per heavy atom. The third-order valence-corrected chi connectivity index (χ3v) is 6.85. The molecule has 5 rings (SSSR count). The summed E-state index contributed by atoms with van der Waals surface area (Å²) in [5.74, 6) is 2.46. The van der Waals surface area contributed by atoms with Crippen molar-refractivity contribution < 1.29 is 4.74 Å². The van der Waals surface area contributed by atoms with Crippen molar-refractivity contribution in [3.05, 3.63) is 71.8 Å². The Balaban J connectivity index is 0.00000136. The molecule has 5 heteroatoms. The molecule has 31 heavy (non-hydrogen) atoms. The minimum atomic E-state index is 0. The van der Waals surface area contributed by atoms with E-state index in [4.69, 9.17) is 4.74 Å². The first-order valence-electron chi connectivity index (χ1n) is 11.3. The van der Waals surface area contributed by atoms with Crippen molar-refractivity contribution in [3.8, 4) is 5.75 Å². The normalized spacial score (nSPS) is 23.0. The van der Waals surface area contributed by atoms with Crippen LogP contribution >= 0.6 is 24.8 Å². The maximum absolute atomic E-state index is 6.10. The number of hydrogen-bond acceptors (Lipinski definition) is 3. The fourth-order valence-corrected chi connectivity index (χ4v) is 5.35. The van der Waals surface area contributed by atoms with Crippen LogP contribution in [0.5, 0.6) is 5.75 Å². The Morgan fingerprint density at radius 1 is 0.871 bits per heavy atom. The van der Waals surface area contributed by atoms with Crippen molar-refractivity contribution in [2.24, 2.45) is 11.8 Å². The summed E-state index contributed by atoms with van der Waals surface area (Å²) in [6.07, 6.45) is 6.38. The van der Waals surface area contributed by atoms with Crippen LogP contribution in [0.25, 0.3) is 5.57 Å². The smallest absolute Gasteiger partial charge is 0.119 e. The fourth-order valence-electron chi connectivity index (χ4n) is 5.35. The molecule has 2 atom stereocenters. The van der Waals surface area contributed by atoms with Crippen LogP contribution in [0.4, 0.5) is 0 Å². The highest BCUT2D eigenvalue weighted by molar-refractivity contribution is 5.85. The molecule has 2 aliphatic heterocycles. The first kappa shape index (κ1) is 24.1. The molecule has 3 nitrogen and oxygen atoms in total. The van der Waals surface area contributed by atoms with Gasteiger partial charge in [0.05, 0.1) is 0 Å². The molecule has 1 aliphatic carbocycles. The molecule has 0 spiro atoms. The van der Waals surface area contributed by atoms with E-state index in [1.165, 1.54) is 62.1 Å². The molecule has 2 saturated heterocycles. The van der Waals surface area contributed by atoms with Gasteiger partial charge in [-0.15, -0.1) is 24.8 Å². The molecule has 0 bridgehead atoms. The van der Waals surface area contributed by atoms with Gasteiger partial charge >= 0.3 is 0 Å². The van der Waals surface area contributed by atoms with Gasteiger partial charge < -0.3 is 4.74 Å². The molecule has 0 N–H and O–H groups in total. The summed E-state index contributed by atoms with van der Waals surface area (Å²) in [7, 11) is 0. The molecule has 3 aliphatic rings. The van der Waals surface area contributed by atoms with E-state index < -0.39 is 0 Å². The number of likely N-dealkylation sites (tertiary alicyclic amines) is 2. The lowest BCUT2D eigenvalue weighted by molar-refractivity contribution is 0.238. The van der Waals surface area contributed by atoms with Crippen LogP contribution in [0.3, 0.4) is 0 Å². The van der Waals surface area contributed by atoms with Crippen molar-refractivity contribution in [1.29, 1.82) is 0 Å². The quantitative estimate of drug-likeness (QED) is 0.539. The Bertz CT molecular complexity index is 851. The summed E-state index contributed by atoms with van der Waals surface area (Å²) < 4.78 is 6.10. The van der Waals surface area contributed by atoms with Gasteiger partial charge in [0.2, 0.25) is 0 Å². The van der Waals surface area contributed by atoms with E-state index in [2.05, 4.69) is 70.5 Å². The SMILES string of the molecule is C1=C(c2cccc(OCCN3CCCC3)c2)C2CN(Cc3ccccc3)CC2C1.Cl.Cl. The highest BCUT2D eigenvalue weighted by Gasteiger charge is 2.38. The molecule has 2 aromatic carbocycles. The molecule has 168 valence electrons. The predicted octanol–water partition coefficient (Wildman–Crippen LogP) is 5.54. The minimum Gasteiger partial charge on any atom is -0.492 e. The number of ether oxygens (including phenoxy) is 1. The summed E-state index contributed by atoms with van der Waals surface area (Å²) >= 11 is 0. The summed E-state index contributed by atoms with van der Waals surface area (Å²) in [5, 5.41) is 0. The maximum Gasteiger partial charge on any atom is 0.119 e. The minimum absolute atomic E-state index is 0. The van der Waals surface area contributed by atoms with Crippen molar-refractivity contribution in [2.45, 2.75) is 25.8 Å². The number of fused-ring (bicyclic) bond motifs is 1. The van der Waals surface area contributed by atoms with E-state index in [1.54, 1.807) is 0 Å². The second-order valence-electron chi connectivity index (χ2n) is 8.87.